The van der Waals surface area contributed by atoms with E-state index in [1.54, 1.807) is 0 Å². The molecule has 0 aromatic carbocycles. The van der Waals surface area contributed by atoms with Crippen LogP contribution in [0.1, 0.15) is 88.9 Å². The molecule has 1 fully saturated rings. The average molecular weight is 443 g/mol. The highest BCUT2D eigenvalue weighted by Gasteiger charge is 2.29. The molecule has 0 bridgehead atoms. The summed E-state index contributed by atoms with van der Waals surface area (Å²) in [6, 6.07) is 0. The summed E-state index contributed by atoms with van der Waals surface area (Å²) >= 11 is 1.90. The number of hydrogen-bond donors (Lipinski definition) is 0. The van der Waals surface area contributed by atoms with Crippen molar-refractivity contribution >= 4 is 33.3 Å². The van der Waals surface area contributed by atoms with Crippen molar-refractivity contribution < 1.29 is 4.79 Å². The van der Waals surface area contributed by atoms with Crippen molar-refractivity contribution in [3.05, 3.63) is 16.3 Å². The smallest absolute Gasteiger partial charge is 0.223 e. The van der Waals surface area contributed by atoms with Gasteiger partial charge in [-0.05, 0) is 43.1 Å². The van der Waals surface area contributed by atoms with Crippen LogP contribution in [0.2, 0.25) is 0 Å². The zero-order valence-corrected chi connectivity index (χ0v) is 20.8. The van der Waals surface area contributed by atoms with Gasteiger partial charge in [0.25, 0.3) is 0 Å². The summed E-state index contributed by atoms with van der Waals surface area (Å²) in [5.41, 5.74) is 1.54. The number of aromatic nitrogens is 2. The Balaban J connectivity index is 1.65. The molecule has 3 heterocycles. The molecule has 6 heteroatoms. The summed E-state index contributed by atoms with van der Waals surface area (Å²) in [7, 11) is 0. The van der Waals surface area contributed by atoms with Gasteiger partial charge in [0, 0.05) is 43.4 Å². The minimum atomic E-state index is 0.0342. The van der Waals surface area contributed by atoms with Crippen molar-refractivity contribution in [3.63, 3.8) is 0 Å². The summed E-state index contributed by atoms with van der Waals surface area (Å²) in [6.07, 6.45) is 7.86. The van der Waals surface area contributed by atoms with Crippen LogP contribution in [0.3, 0.4) is 0 Å². The molecule has 0 radical (unpaired) electrons. The highest BCUT2D eigenvalue weighted by atomic mass is 32.1. The van der Waals surface area contributed by atoms with E-state index in [2.05, 4.69) is 39.5 Å². The van der Waals surface area contributed by atoms with Crippen LogP contribution in [0.5, 0.6) is 0 Å². The largest absolute Gasteiger partial charge is 0.352 e. The highest BCUT2D eigenvalue weighted by molar-refractivity contribution is 7.19. The average Bonchev–Trinajstić information content (AvgIpc) is 2.92. The second-order valence-corrected chi connectivity index (χ2v) is 11.6. The van der Waals surface area contributed by atoms with Crippen molar-refractivity contribution in [2.75, 3.05) is 31.1 Å². The SMILES string of the molecule is CC[C@@H](C)c1nc(N2CCN(C(=O)CC(C)(C)C)CC2)c2c3c(sc2n1)CCCCC3. The second-order valence-electron chi connectivity index (χ2n) is 10.6. The lowest BCUT2D eigenvalue weighted by Gasteiger charge is -2.37. The van der Waals surface area contributed by atoms with Gasteiger partial charge < -0.3 is 9.80 Å². The summed E-state index contributed by atoms with van der Waals surface area (Å²) in [6.45, 7) is 14.1. The third kappa shape index (κ3) is 4.89. The van der Waals surface area contributed by atoms with Crippen LogP contribution in [0.4, 0.5) is 5.82 Å². The first-order chi connectivity index (χ1) is 14.8. The number of hydrogen-bond acceptors (Lipinski definition) is 5. The molecule has 4 rings (SSSR count). The van der Waals surface area contributed by atoms with Crippen LogP contribution in [0.25, 0.3) is 10.2 Å². The van der Waals surface area contributed by atoms with Crippen LogP contribution in [-0.4, -0.2) is 47.0 Å². The van der Waals surface area contributed by atoms with Crippen LogP contribution < -0.4 is 4.90 Å². The molecule has 1 atom stereocenters. The van der Waals surface area contributed by atoms with Crippen LogP contribution in [0, 0.1) is 5.41 Å². The molecule has 1 amide bonds. The van der Waals surface area contributed by atoms with Gasteiger partial charge in [0.05, 0.1) is 5.39 Å². The second kappa shape index (κ2) is 9.05. The van der Waals surface area contributed by atoms with Crippen molar-refractivity contribution in [2.45, 2.75) is 85.5 Å². The van der Waals surface area contributed by atoms with Gasteiger partial charge in [0.2, 0.25) is 5.91 Å². The van der Waals surface area contributed by atoms with E-state index in [9.17, 15) is 4.79 Å². The molecule has 1 saturated heterocycles. The monoisotopic (exact) mass is 442 g/mol. The highest BCUT2D eigenvalue weighted by Crippen LogP contribution is 2.40. The Bertz CT molecular complexity index is 937. The Morgan fingerprint density at radius 3 is 2.45 bits per heavy atom. The van der Waals surface area contributed by atoms with E-state index >= 15 is 0 Å². The van der Waals surface area contributed by atoms with Crippen molar-refractivity contribution in [2.24, 2.45) is 5.41 Å². The van der Waals surface area contributed by atoms with E-state index in [-0.39, 0.29) is 11.3 Å². The summed E-state index contributed by atoms with van der Waals surface area (Å²) < 4.78 is 0. The Kier molecular flexibility index (Phi) is 6.57. The normalized spacial score (nSPS) is 18.7. The molecule has 2 aromatic rings. The number of fused-ring (bicyclic) bond motifs is 3. The fraction of sp³-hybridized carbons (Fsp3) is 0.720. The van der Waals surface area contributed by atoms with E-state index in [0.29, 0.717) is 12.3 Å². The van der Waals surface area contributed by atoms with Gasteiger partial charge in [0.1, 0.15) is 16.5 Å². The van der Waals surface area contributed by atoms with E-state index in [4.69, 9.17) is 9.97 Å². The van der Waals surface area contributed by atoms with Gasteiger partial charge in [-0.25, -0.2) is 9.97 Å². The molecule has 0 unspecified atom stereocenters. The third-order valence-corrected chi connectivity index (χ3v) is 7.92. The third-order valence-electron chi connectivity index (χ3n) is 6.73. The number of amides is 1. The molecule has 0 N–H and O–H groups in total. The minimum Gasteiger partial charge on any atom is -0.352 e. The van der Waals surface area contributed by atoms with Gasteiger partial charge >= 0.3 is 0 Å². The lowest BCUT2D eigenvalue weighted by molar-refractivity contribution is -0.133. The number of rotatable bonds is 4. The maximum absolute atomic E-state index is 12.7. The molecule has 5 nitrogen and oxygen atoms in total. The number of thiophene rings is 1. The summed E-state index contributed by atoms with van der Waals surface area (Å²) in [4.78, 5) is 30.1. The van der Waals surface area contributed by atoms with Crippen molar-refractivity contribution in [1.82, 2.24) is 14.9 Å². The molecule has 2 aromatic heterocycles. The maximum atomic E-state index is 12.7. The molecule has 0 saturated carbocycles. The minimum absolute atomic E-state index is 0.0342. The number of carbonyl (C=O) groups is 1. The molecule has 2 aliphatic rings. The number of aryl methyl sites for hydroxylation is 2. The standard InChI is InChI=1S/C25H38N4OS/c1-6-17(2)22-26-23(21-18-10-8-7-9-11-19(18)31-24(21)27-22)29-14-12-28(13-15-29)20(30)16-25(3,4)5/h17H,6-16H2,1-5H3/t17-/m1/s1. The molecule has 1 aliphatic heterocycles. The predicted octanol–water partition coefficient (Wildman–Crippen LogP) is 5.56. The molecule has 31 heavy (non-hydrogen) atoms. The Morgan fingerprint density at radius 2 is 1.77 bits per heavy atom. The molecular formula is C25H38N4OS. The number of carbonyl (C=O) groups excluding carboxylic acids is 1. The van der Waals surface area contributed by atoms with Gasteiger partial charge in [-0.3, -0.25) is 4.79 Å². The first-order valence-electron chi connectivity index (χ1n) is 12.1. The Morgan fingerprint density at radius 1 is 1.06 bits per heavy atom. The molecule has 0 spiro atoms. The van der Waals surface area contributed by atoms with Crippen molar-refractivity contribution in [3.8, 4) is 0 Å². The summed E-state index contributed by atoms with van der Waals surface area (Å²) in [5, 5.41) is 1.31. The summed E-state index contributed by atoms with van der Waals surface area (Å²) in [5.74, 6) is 2.75. The number of piperazine rings is 1. The Labute approximate surface area is 191 Å². The first-order valence-corrected chi connectivity index (χ1v) is 12.9. The fourth-order valence-electron chi connectivity index (χ4n) is 4.70. The van der Waals surface area contributed by atoms with Gasteiger partial charge in [0.15, 0.2) is 0 Å². The molecule has 1 aliphatic carbocycles. The maximum Gasteiger partial charge on any atom is 0.223 e. The van der Waals surface area contributed by atoms with Gasteiger partial charge in [-0.15, -0.1) is 11.3 Å². The first kappa shape index (κ1) is 22.5. The van der Waals surface area contributed by atoms with Crippen LogP contribution >= 0.6 is 11.3 Å². The fourth-order valence-corrected chi connectivity index (χ4v) is 5.96. The zero-order valence-electron chi connectivity index (χ0n) is 20.0. The number of anilines is 1. The van der Waals surface area contributed by atoms with E-state index < -0.39 is 0 Å². The zero-order chi connectivity index (χ0) is 22.2. The van der Waals surface area contributed by atoms with Crippen LogP contribution in [0.15, 0.2) is 0 Å². The van der Waals surface area contributed by atoms with E-state index in [1.165, 1.54) is 46.3 Å². The van der Waals surface area contributed by atoms with E-state index in [1.807, 2.05) is 16.2 Å². The topological polar surface area (TPSA) is 49.3 Å². The lowest BCUT2D eigenvalue weighted by Crippen LogP contribution is -2.49. The molecular weight excluding hydrogens is 404 g/mol. The quantitative estimate of drug-likeness (QED) is 0.582. The van der Waals surface area contributed by atoms with Crippen molar-refractivity contribution in [1.29, 1.82) is 0 Å². The molecule has 170 valence electrons. The van der Waals surface area contributed by atoms with Gasteiger partial charge in [-0.2, -0.15) is 0 Å². The Hall–Kier alpha value is -1.69. The van der Waals surface area contributed by atoms with Gasteiger partial charge in [-0.1, -0.05) is 41.0 Å². The number of nitrogens with zero attached hydrogens (tertiary/aromatic N) is 4. The van der Waals surface area contributed by atoms with Crippen LogP contribution in [-0.2, 0) is 17.6 Å². The predicted molar refractivity (Wildman–Crippen MR) is 130 cm³/mol. The van der Waals surface area contributed by atoms with E-state index in [0.717, 1.165) is 50.7 Å². The lowest BCUT2D eigenvalue weighted by atomic mass is 9.91.